The molecule has 0 bridgehead atoms. The van der Waals surface area contributed by atoms with Crippen LogP contribution in [0.15, 0.2) is 24.3 Å². The summed E-state index contributed by atoms with van der Waals surface area (Å²) in [5.41, 5.74) is 0. The van der Waals surface area contributed by atoms with E-state index in [4.69, 9.17) is 0 Å². The summed E-state index contributed by atoms with van der Waals surface area (Å²) in [6.45, 7) is 9.10. The van der Waals surface area contributed by atoms with Crippen molar-refractivity contribution in [1.29, 1.82) is 0 Å². The first-order valence-electron chi connectivity index (χ1n) is 15.6. The summed E-state index contributed by atoms with van der Waals surface area (Å²) in [6, 6.07) is 0. The van der Waals surface area contributed by atoms with E-state index in [0.29, 0.717) is 0 Å². The molecule has 0 N–H and O–H groups in total. The van der Waals surface area contributed by atoms with Crippen LogP contribution in [0.25, 0.3) is 0 Å². The Bertz CT molecular complexity index is 337. The van der Waals surface area contributed by atoms with Gasteiger partial charge in [0.2, 0.25) is 0 Å². The molecule has 0 spiro atoms. The second kappa shape index (κ2) is 36.1. The minimum absolute atomic E-state index is 1.30. The highest BCUT2D eigenvalue weighted by atomic mass is 14.0. The van der Waals surface area contributed by atoms with Gasteiger partial charge >= 0.3 is 0 Å². The Morgan fingerprint density at radius 1 is 0.242 bits per heavy atom. The molecule has 0 nitrogen and oxygen atoms in total. The molecule has 0 atom stereocenters. The number of rotatable bonds is 25. The van der Waals surface area contributed by atoms with E-state index in [-0.39, 0.29) is 0 Å². The van der Waals surface area contributed by atoms with Crippen molar-refractivity contribution in [2.75, 3.05) is 0 Å². The molecule has 0 fully saturated rings. The van der Waals surface area contributed by atoms with Crippen molar-refractivity contribution in [1.82, 2.24) is 0 Å². The van der Waals surface area contributed by atoms with Gasteiger partial charge in [-0.25, -0.2) is 0 Å². The third kappa shape index (κ3) is 39.0. The van der Waals surface area contributed by atoms with Gasteiger partial charge in [-0.3, -0.25) is 0 Å². The molecule has 0 rings (SSSR count). The maximum absolute atomic E-state index is 2.41. The van der Waals surface area contributed by atoms with Crippen LogP contribution in [0.4, 0.5) is 0 Å². The lowest BCUT2D eigenvalue weighted by molar-refractivity contribution is 0.566. The van der Waals surface area contributed by atoms with E-state index in [0.717, 1.165) is 0 Å². The molecule has 0 aliphatic heterocycles. The Balaban J connectivity index is 0. The standard InChI is InChI=1S/C19H38.C14H28/c1-3-5-7-9-11-13-15-17-19-18-16-14-12-10-8-6-4-2;1-3-5-7-9-11-13-14-12-10-8-6-4-2/h13,15H,3-12,14,16-19H2,1-2H3;13-14H,3-12H2,1-2H3/b15-13+;14-13+. The maximum Gasteiger partial charge on any atom is -0.0351 e. The first-order chi connectivity index (χ1) is 16.3. The van der Waals surface area contributed by atoms with E-state index >= 15 is 0 Å². The van der Waals surface area contributed by atoms with Crippen LogP contribution in [0.3, 0.4) is 0 Å². The van der Waals surface area contributed by atoms with Crippen LogP contribution in [0.5, 0.6) is 0 Å². The maximum atomic E-state index is 2.41. The quantitative estimate of drug-likeness (QED) is 0.0934. The van der Waals surface area contributed by atoms with Gasteiger partial charge in [0.25, 0.3) is 0 Å². The molecule has 0 saturated heterocycles. The van der Waals surface area contributed by atoms with Gasteiger partial charge in [-0.05, 0) is 51.4 Å². The lowest BCUT2D eigenvalue weighted by Gasteiger charge is -2.00. The Morgan fingerprint density at radius 2 is 0.424 bits per heavy atom. The van der Waals surface area contributed by atoms with Crippen LogP contribution in [0.2, 0.25) is 0 Å². The van der Waals surface area contributed by atoms with Gasteiger partial charge in [0.05, 0.1) is 0 Å². The summed E-state index contributed by atoms with van der Waals surface area (Å²) >= 11 is 0. The molecular weight excluding hydrogens is 396 g/mol. The molecule has 0 aromatic rings. The molecule has 0 saturated carbocycles. The number of unbranched alkanes of at least 4 members (excludes halogenated alkanes) is 21. The van der Waals surface area contributed by atoms with Crippen LogP contribution in [0, 0.1) is 0 Å². The van der Waals surface area contributed by atoms with Gasteiger partial charge in [-0.2, -0.15) is 0 Å². The van der Waals surface area contributed by atoms with E-state index in [9.17, 15) is 0 Å². The molecule has 0 aromatic carbocycles. The van der Waals surface area contributed by atoms with Gasteiger partial charge in [-0.15, -0.1) is 0 Å². The zero-order valence-corrected chi connectivity index (χ0v) is 24.0. The molecular formula is C33H66. The average Bonchev–Trinajstić information content (AvgIpc) is 2.83. The molecule has 0 aliphatic rings. The van der Waals surface area contributed by atoms with Crippen LogP contribution in [0.1, 0.15) is 188 Å². The smallest absolute Gasteiger partial charge is 0.0351 e. The van der Waals surface area contributed by atoms with Crippen molar-refractivity contribution in [3.63, 3.8) is 0 Å². The van der Waals surface area contributed by atoms with E-state index in [1.165, 1.54) is 161 Å². The van der Waals surface area contributed by atoms with Crippen molar-refractivity contribution in [2.45, 2.75) is 188 Å². The largest absolute Gasteiger partial charge is 0.0885 e. The highest BCUT2D eigenvalue weighted by Crippen LogP contribution is 2.11. The average molecular weight is 463 g/mol. The number of allylic oxidation sites excluding steroid dienone is 4. The molecule has 33 heavy (non-hydrogen) atoms. The SMILES string of the molecule is CCCCCC/C=C/CCCCCC.CCCCCC/C=C/CCCCCCCCCCC. The van der Waals surface area contributed by atoms with E-state index < -0.39 is 0 Å². The Labute approximate surface area is 212 Å². The number of hydrogen-bond donors (Lipinski definition) is 0. The minimum Gasteiger partial charge on any atom is -0.0885 e. The van der Waals surface area contributed by atoms with Crippen molar-refractivity contribution in [3.8, 4) is 0 Å². The van der Waals surface area contributed by atoms with E-state index in [1.807, 2.05) is 0 Å². The Kier molecular flexibility index (Phi) is 37.9. The molecule has 0 aliphatic carbocycles. The second-order valence-corrected chi connectivity index (χ2v) is 10.1. The normalized spacial score (nSPS) is 11.4. The predicted molar refractivity (Wildman–Crippen MR) is 156 cm³/mol. The van der Waals surface area contributed by atoms with Gasteiger partial charge in [0, 0.05) is 0 Å². The van der Waals surface area contributed by atoms with Crippen LogP contribution in [-0.4, -0.2) is 0 Å². The fourth-order valence-electron chi connectivity index (χ4n) is 4.11. The van der Waals surface area contributed by atoms with Crippen LogP contribution in [-0.2, 0) is 0 Å². The van der Waals surface area contributed by atoms with Gasteiger partial charge in [-0.1, -0.05) is 161 Å². The molecule has 0 amide bonds. The van der Waals surface area contributed by atoms with Gasteiger partial charge < -0.3 is 0 Å². The van der Waals surface area contributed by atoms with E-state index in [2.05, 4.69) is 52.0 Å². The topological polar surface area (TPSA) is 0 Å². The zero-order chi connectivity index (χ0) is 24.5. The molecule has 0 radical (unpaired) electrons. The molecule has 0 heterocycles. The van der Waals surface area contributed by atoms with Crippen molar-refractivity contribution < 1.29 is 0 Å². The molecule has 198 valence electrons. The van der Waals surface area contributed by atoms with Crippen molar-refractivity contribution >= 4 is 0 Å². The van der Waals surface area contributed by atoms with Gasteiger partial charge in [0.15, 0.2) is 0 Å². The number of hydrogen-bond acceptors (Lipinski definition) is 0. The highest BCUT2D eigenvalue weighted by molar-refractivity contribution is 4.81. The third-order valence-corrected chi connectivity index (χ3v) is 6.48. The lowest BCUT2D eigenvalue weighted by Crippen LogP contribution is -1.80. The first-order valence-corrected chi connectivity index (χ1v) is 15.6. The predicted octanol–water partition coefficient (Wildman–Crippen LogP) is 12.9. The summed E-state index contributed by atoms with van der Waals surface area (Å²) in [7, 11) is 0. The first kappa shape index (κ1) is 34.6. The fourth-order valence-corrected chi connectivity index (χ4v) is 4.11. The Hall–Kier alpha value is -0.520. The Morgan fingerprint density at radius 3 is 0.667 bits per heavy atom. The highest BCUT2D eigenvalue weighted by Gasteiger charge is 1.91. The minimum atomic E-state index is 1.30. The van der Waals surface area contributed by atoms with Gasteiger partial charge in [0.1, 0.15) is 0 Å². The lowest BCUT2D eigenvalue weighted by atomic mass is 10.1. The second-order valence-electron chi connectivity index (χ2n) is 10.1. The van der Waals surface area contributed by atoms with Crippen molar-refractivity contribution in [3.05, 3.63) is 24.3 Å². The zero-order valence-electron chi connectivity index (χ0n) is 24.0. The fraction of sp³-hybridized carbons (Fsp3) is 0.879. The van der Waals surface area contributed by atoms with Crippen molar-refractivity contribution in [2.24, 2.45) is 0 Å². The molecule has 0 unspecified atom stereocenters. The molecule has 0 heteroatoms. The van der Waals surface area contributed by atoms with Crippen LogP contribution < -0.4 is 0 Å². The molecule has 0 aromatic heterocycles. The summed E-state index contributed by atoms with van der Waals surface area (Å²) < 4.78 is 0. The monoisotopic (exact) mass is 463 g/mol. The van der Waals surface area contributed by atoms with E-state index in [1.54, 1.807) is 0 Å². The third-order valence-electron chi connectivity index (χ3n) is 6.48. The summed E-state index contributed by atoms with van der Waals surface area (Å²) in [4.78, 5) is 0. The summed E-state index contributed by atoms with van der Waals surface area (Å²) in [6.07, 6.45) is 44.4. The summed E-state index contributed by atoms with van der Waals surface area (Å²) in [5.74, 6) is 0. The van der Waals surface area contributed by atoms with Crippen LogP contribution >= 0.6 is 0 Å². The summed E-state index contributed by atoms with van der Waals surface area (Å²) in [5, 5.41) is 0.